The maximum atomic E-state index is 13.4. The van der Waals surface area contributed by atoms with Crippen molar-refractivity contribution >= 4 is 44.9 Å². The summed E-state index contributed by atoms with van der Waals surface area (Å²) in [5.41, 5.74) is 3.10. The maximum absolute atomic E-state index is 13.4. The van der Waals surface area contributed by atoms with Crippen LogP contribution in [0.2, 0.25) is 0 Å². The number of thioether (sulfide) groups is 1. The van der Waals surface area contributed by atoms with Crippen molar-refractivity contribution in [2.75, 3.05) is 24.8 Å². The fourth-order valence-corrected chi connectivity index (χ4v) is 6.27. The largest absolute Gasteiger partial charge is 0.383 e. The van der Waals surface area contributed by atoms with E-state index >= 15 is 0 Å². The van der Waals surface area contributed by atoms with Crippen LogP contribution >= 0.6 is 23.1 Å². The smallest absolute Gasteiger partial charge is 0.263 e. The van der Waals surface area contributed by atoms with Crippen LogP contribution in [0.3, 0.4) is 0 Å². The van der Waals surface area contributed by atoms with Gasteiger partial charge >= 0.3 is 0 Å². The lowest BCUT2D eigenvalue weighted by Crippen LogP contribution is -2.26. The maximum Gasteiger partial charge on any atom is 0.263 e. The number of ether oxygens (including phenoxy) is 1. The molecule has 3 aromatic rings. The van der Waals surface area contributed by atoms with Crippen molar-refractivity contribution in [1.29, 1.82) is 0 Å². The molecule has 1 aromatic carbocycles. The van der Waals surface area contributed by atoms with Crippen LogP contribution in [-0.2, 0) is 28.9 Å². The molecular formula is C24H29N3O3S2. The second-order valence-electron chi connectivity index (χ2n) is 8.31. The van der Waals surface area contributed by atoms with E-state index in [-0.39, 0.29) is 17.2 Å². The Morgan fingerprint density at radius 3 is 2.84 bits per heavy atom. The number of hydrogen-bond acceptors (Lipinski definition) is 6. The van der Waals surface area contributed by atoms with E-state index in [1.54, 1.807) is 23.0 Å². The fraction of sp³-hybridized carbons (Fsp3) is 0.458. The van der Waals surface area contributed by atoms with Gasteiger partial charge in [-0.3, -0.25) is 14.2 Å². The first-order valence-electron chi connectivity index (χ1n) is 11.0. The summed E-state index contributed by atoms with van der Waals surface area (Å²) in [4.78, 5) is 33.0. The molecule has 0 unspecified atom stereocenters. The highest BCUT2D eigenvalue weighted by molar-refractivity contribution is 7.99. The second kappa shape index (κ2) is 10.2. The molecule has 1 aliphatic carbocycles. The molecule has 0 saturated carbocycles. The Bertz CT molecular complexity index is 1180. The molecule has 2 aromatic heterocycles. The number of aromatic nitrogens is 2. The van der Waals surface area contributed by atoms with Crippen molar-refractivity contribution in [3.8, 4) is 0 Å². The summed E-state index contributed by atoms with van der Waals surface area (Å²) in [6.45, 7) is 5.05. The van der Waals surface area contributed by atoms with E-state index in [2.05, 4.69) is 19.2 Å². The normalized spacial score (nSPS) is 13.5. The first-order chi connectivity index (χ1) is 15.5. The molecule has 0 fully saturated rings. The van der Waals surface area contributed by atoms with Gasteiger partial charge in [-0.25, -0.2) is 4.98 Å². The van der Waals surface area contributed by atoms with E-state index in [1.807, 2.05) is 24.3 Å². The predicted molar refractivity (Wildman–Crippen MR) is 132 cm³/mol. The summed E-state index contributed by atoms with van der Waals surface area (Å²) in [6.07, 6.45) is 4.25. The zero-order valence-electron chi connectivity index (χ0n) is 18.8. The number of fused-ring (bicyclic) bond motifs is 3. The molecule has 0 bridgehead atoms. The van der Waals surface area contributed by atoms with Crippen LogP contribution in [0.15, 0.2) is 34.2 Å². The second-order valence-corrected chi connectivity index (χ2v) is 10.3. The summed E-state index contributed by atoms with van der Waals surface area (Å²) < 4.78 is 6.90. The number of hydrogen-bond donors (Lipinski definition) is 1. The molecule has 1 aliphatic rings. The van der Waals surface area contributed by atoms with E-state index in [0.29, 0.717) is 24.2 Å². The molecule has 32 heavy (non-hydrogen) atoms. The zero-order valence-corrected chi connectivity index (χ0v) is 20.4. The van der Waals surface area contributed by atoms with Crippen LogP contribution < -0.4 is 10.9 Å². The number of carbonyl (C=O) groups is 1. The van der Waals surface area contributed by atoms with Gasteiger partial charge in [-0.2, -0.15) is 0 Å². The third kappa shape index (κ3) is 4.77. The van der Waals surface area contributed by atoms with Gasteiger partial charge < -0.3 is 10.1 Å². The lowest BCUT2D eigenvalue weighted by molar-refractivity contribution is -0.113. The van der Waals surface area contributed by atoms with Crippen LogP contribution in [0.25, 0.3) is 10.2 Å². The van der Waals surface area contributed by atoms with Gasteiger partial charge in [0.25, 0.3) is 5.56 Å². The average Bonchev–Trinajstić information content (AvgIpc) is 3.16. The van der Waals surface area contributed by atoms with Gasteiger partial charge in [0.1, 0.15) is 4.83 Å². The molecule has 0 saturated heterocycles. The van der Waals surface area contributed by atoms with E-state index in [9.17, 15) is 9.59 Å². The van der Waals surface area contributed by atoms with Crippen molar-refractivity contribution in [1.82, 2.24) is 9.55 Å². The summed E-state index contributed by atoms with van der Waals surface area (Å²) >= 11 is 2.94. The Morgan fingerprint density at radius 2 is 2.06 bits per heavy atom. The molecular weight excluding hydrogens is 442 g/mol. The number of rotatable bonds is 8. The highest BCUT2D eigenvalue weighted by Gasteiger charge is 2.22. The summed E-state index contributed by atoms with van der Waals surface area (Å²) in [5, 5.41) is 4.36. The third-order valence-electron chi connectivity index (χ3n) is 5.75. The minimum Gasteiger partial charge on any atom is -0.383 e. The van der Waals surface area contributed by atoms with Gasteiger partial charge in [-0.1, -0.05) is 43.8 Å². The number of nitrogens with zero attached hydrogens (tertiary/aromatic N) is 2. The Kier molecular flexibility index (Phi) is 7.33. The minimum atomic E-state index is -0.110. The summed E-state index contributed by atoms with van der Waals surface area (Å²) in [7, 11) is 1.62. The number of aryl methyl sites for hydroxylation is 2. The molecule has 0 radical (unpaired) electrons. The topological polar surface area (TPSA) is 73.2 Å². The monoisotopic (exact) mass is 471 g/mol. The summed E-state index contributed by atoms with van der Waals surface area (Å²) in [5.74, 6) is 0.385. The molecule has 2 heterocycles. The lowest BCUT2D eigenvalue weighted by Gasteiger charge is -2.15. The number of anilines is 1. The molecule has 6 nitrogen and oxygen atoms in total. The Morgan fingerprint density at radius 1 is 1.28 bits per heavy atom. The molecule has 8 heteroatoms. The van der Waals surface area contributed by atoms with Gasteiger partial charge in [-0.05, 0) is 48.8 Å². The Hall–Kier alpha value is -2.16. The highest BCUT2D eigenvalue weighted by atomic mass is 32.2. The quantitative estimate of drug-likeness (QED) is 0.376. The van der Waals surface area contributed by atoms with Crippen molar-refractivity contribution < 1.29 is 9.53 Å². The highest BCUT2D eigenvalue weighted by Crippen LogP contribution is 2.34. The Balaban J connectivity index is 1.59. The standard InChI is InChI=1S/C24H29N3O3S2/c1-15(2)16-8-4-6-10-18(16)25-20(28)14-31-24-26-22-21(23(29)27(24)12-13-30-3)17-9-5-7-11-19(17)32-22/h4,6,8,10,15H,5,7,9,11-14H2,1-3H3,(H,25,28). The average molecular weight is 472 g/mol. The molecule has 0 atom stereocenters. The molecule has 1 N–H and O–H groups in total. The van der Waals surface area contributed by atoms with Crippen LogP contribution in [0.4, 0.5) is 5.69 Å². The Labute approximate surface area is 196 Å². The third-order valence-corrected chi connectivity index (χ3v) is 7.91. The molecule has 0 spiro atoms. The lowest BCUT2D eigenvalue weighted by atomic mass is 9.97. The van der Waals surface area contributed by atoms with Gasteiger partial charge in [-0.15, -0.1) is 11.3 Å². The SMILES string of the molecule is COCCn1c(SCC(=O)Nc2ccccc2C(C)C)nc2sc3c(c2c1=O)CCCC3. The first-order valence-corrected chi connectivity index (χ1v) is 12.9. The van der Waals surface area contributed by atoms with Crippen molar-refractivity contribution in [2.24, 2.45) is 0 Å². The molecule has 0 aliphatic heterocycles. The van der Waals surface area contributed by atoms with Crippen LogP contribution in [0, 0.1) is 0 Å². The summed E-state index contributed by atoms with van der Waals surface area (Å²) in [6, 6.07) is 7.86. The van der Waals surface area contributed by atoms with Gasteiger partial charge in [0.2, 0.25) is 5.91 Å². The fourth-order valence-electron chi connectivity index (χ4n) is 4.14. The van der Waals surface area contributed by atoms with E-state index in [0.717, 1.165) is 47.2 Å². The minimum absolute atomic E-state index is 0.0143. The van der Waals surface area contributed by atoms with Gasteiger partial charge in [0, 0.05) is 17.7 Å². The van der Waals surface area contributed by atoms with Gasteiger partial charge in [0.15, 0.2) is 5.16 Å². The van der Waals surface area contributed by atoms with Crippen LogP contribution in [0.5, 0.6) is 0 Å². The van der Waals surface area contributed by atoms with Crippen molar-refractivity contribution in [2.45, 2.75) is 57.1 Å². The number of benzene rings is 1. The zero-order chi connectivity index (χ0) is 22.7. The number of thiophene rings is 1. The van der Waals surface area contributed by atoms with Crippen LogP contribution in [0.1, 0.15) is 48.6 Å². The van der Waals surface area contributed by atoms with Crippen molar-refractivity contribution in [3.63, 3.8) is 0 Å². The number of para-hydroxylation sites is 1. The first kappa shape index (κ1) is 23.0. The molecule has 4 rings (SSSR count). The molecule has 170 valence electrons. The van der Waals surface area contributed by atoms with E-state index in [4.69, 9.17) is 9.72 Å². The van der Waals surface area contributed by atoms with Crippen molar-refractivity contribution in [3.05, 3.63) is 50.6 Å². The number of carbonyl (C=O) groups excluding carboxylic acids is 1. The predicted octanol–water partition coefficient (Wildman–Crippen LogP) is 4.84. The number of nitrogens with one attached hydrogen (secondary N) is 1. The number of methoxy groups -OCH3 is 1. The van der Waals surface area contributed by atoms with Crippen LogP contribution in [-0.4, -0.2) is 34.9 Å². The van der Waals surface area contributed by atoms with E-state index in [1.165, 1.54) is 22.2 Å². The van der Waals surface area contributed by atoms with Gasteiger partial charge in [0.05, 0.1) is 24.3 Å². The van der Waals surface area contributed by atoms with E-state index < -0.39 is 0 Å². The molecule has 1 amide bonds. The number of amides is 1.